The van der Waals surface area contributed by atoms with Crippen LogP contribution in [0.4, 0.5) is 5.95 Å². The Morgan fingerprint density at radius 3 is 2.68 bits per heavy atom. The minimum absolute atomic E-state index is 0.174. The minimum Gasteiger partial charge on any atom is -0.357 e. The number of guanidine groups is 1. The number of nitrogens with zero attached hydrogens (tertiary/aromatic N) is 2. The van der Waals surface area contributed by atoms with Gasteiger partial charge in [-0.2, -0.15) is 4.99 Å². The monoisotopic (exact) mass is 290 g/mol. The molecule has 3 aromatic rings. The lowest BCUT2D eigenvalue weighted by molar-refractivity contribution is -0.672. The third kappa shape index (κ3) is 2.13. The molecule has 1 aliphatic rings. The molecule has 1 aromatic heterocycles. The van der Waals surface area contributed by atoms with E-state index in [9.17, 15) is 0 Å². The summed E-state index contributed by atoms with van der Waals surface area (Å²) in [7, 11) is 0. The second-order valence-electron chi connectivity index (χ2n) is 5.18. The molecule has 22 heavy (non-hydrogen) atoms. The second-order valence-corrected chi connectivity index (χ2v) is 5.18. The van der Waals surface area contributed by atoms with Crippen LogP contribution >= 0.6 is 0 Å². The first-order valence-corrected chi connectivity index (χ1v) is 7.17. The summed E-state index contributed by atoms with van der Waals surface area (Å²) in [5.41, 5.74) is 9.17. The van der Waals surface area contributed by atoms with Gasteiger partial charge in [0.2, 0.25) is 0 Å². The van der Waals surface area contributed by atoms with Crippen LogP contribution in [0, 0.1) is 0 Å². The number of aromatic amines is 1. The summed E-state index contributed by atoms with van der Waals surface area (Å²) in [6.45, 7) is 0. The van der Waals surface area contributed by atoms with E-state index in [1.807, 2.05) is 42.5 Å². The van der Waals surface area contributed by atoms with Crippen molar-refractivity contribution in [1.29, 1.82) is 0 Å². The molecule has 0 radical (unpaired) electrons. The summed E-state index contributed by atoms with van der Waals surface area (Å²) in [5, 5.41) is 3.08. The number of H-pyrrole nitrogens is 1. The van der Waals surface area contributed by atoms with E-state index in [2.05, 4.69) is 44.1 Å². The van der Waals surface area contributed by atoms with Crippen molar-refractivity contribution in [2.75, 3.05) is 5.32 Å². The van der Waals surface area contributed by atoms with Crippen LogP contribution in [-0.4, -0.2) is 10.9 Å². The van der Waals surface area contributed by atoms with Crippen LogP contribution in [-0.2, 0) is 0 Å². The predicted molar refractivity (Wildman–Crippen MR) is 88.3 cm³/mol. The fourth-order valence-corrected chi connectivity index (χ4v) is 2.71. The van der Waals surface area contributed by atoms with Crippen molar-refractivity contribution in [2.45, 2.75) is 6.17 Å². The number of rotatable bonds is 2. The zero-order valence-corrected chi connectivity index (χ0v) is 11.9. The summed E-state index contributed by atoms with van der Waals surface area (Å²) in [4.78, 5) is 7.83. The van der Waals surface area contributed by atoms with Gasteiger partial charge in [-0.05, 0) is 23.8 Å². The lowest BCUT2D eigenvalue weighted by Crippen LogP contribution is -2.46. The van der Waals surface area contributed by atoms with Gasteiger partial charge in [0.1, 0.15) is 11.0 Å². The number of nitrogens with one attached hydrogen (secondary N) is 2. The van der Waals surface area contributed by atoms with E-state index in [1.165, 1.54) is 0 Å². The SMILES string of the molecule is NC1=N[C@@H](/C=C/c2ccccc2)[n+]2c([nH]c3ccccc32)N1. The summed E-state index contributed by atoms with van der Waals surface area (Å²) >= 11 is 0. The molecule has 0 fully saturated rings. The molecule has 0 bridgehead atoms. The Bertz CT molecular complexity index is 876. The number of anilines is 1. The lowest BCUT2D eigenvalue weighted by Gasteiger charge is -2.14. The van der Waals surface area contributed by atoms with Gasteiger partial charge in [-0.3, -0.25) is 0 Å². The van der Waals surface area contributed by atoms with Gasteiger partial charge in [0, 0.05) is 0 Å². The third-order valence-corrected chi connectivity index (χ3v) is 3.70. The van der Waals surface area contributed by atoms with Crippen molar-refractivity contribution < 1.29 is 4.57 Å². The Morgan fingerprint density at radius 1 is 1.05 bits per heavy atom. The van der Waals surface area contributed by atoms with E-state index >= 15 is 0 Å². The van der Waals surface area contributed by atoms with Crippen LogP contribution in [0.3, 0.4) is 0 Å². The fourth-order valence-electron chi connectivity index (χ4n) is 2.71. The molecule has 1 aliphatic heterocycles. The fraction of sp³-hybridized carbons (Fsp3) is 0.0588. The first-order valence-electron chi connectivity index (χ1n) is 7.17. The summed E-state index contributed by atoms with van der Waals surface area (Å²) in [5.74, 6) is 1.26. The molecule has 0 aliphatic carbocycles. The van der Waals surface area contributed by atoms with Gasteiger partial charge >= 0.3 is 5.95 Å². The van der Waals surface area contributed by atoms with E-state index in [1.54, 1.807) is 0 Å². The highest BCUT2D eigenvalue weighted by atomic mass is 15.4. The zero-order valence-electron chi connectivity index (χ0n) is 11.9. The van der Waals surface area contributed by atoms with Crippen LogP contribution in [0.25, 0.3) is 17.1 Å². The summed E-state index contributed by atoms with van der Waals surface area (Å²) in [6.07, 6.45) is 3.94. The second kappa shape index (κ2) is 5.04. The quantitative estimate of drug-likeness (QED) is 0.634. The number of aromatic nitrogens is 2. The average molecular weight is 290 g/mol. The van der Waals surface area contributed by atoms with Gasteiger partial charge in [0.25, 0.3) is 5.96 Å². The van der Waals surface area contributed by atoms with E-state index in [0.717, 1.165) is 22.5 Å². The van der Waals surface area contributed by atoms with Crippen LogP contribution in [0.5, 0.6) is 0 Å². The highest BCUT2D eigenvalue weighted by molar-refractivity contribution is 5.92. The Balaban J connectivity index is 1.79. The number of fused-ring (bicyclic) bond motifs is 3. The molecule has 0 spiro atoms. The highest BCUT2D eigenvalue weighted by Crippen LogP contribution is 2.20. The van der Waals surface area contributed by atoms with Crippen molar-refractivity contribution in [3.05, 3.63) is 66.2 Å². The topological polar surface area (TPSA) is 70.1 Å². The number of para-hydroxylation sites is 2. The van der Waals surface area contributed by atoms with E-state index in [0.29, 0.717) is 5.96 Å². The first-order chi connectivity index (χ1) is 10.8. The van der Waals surface area contributed by atoms with Crippen LogP contribution in [0.2, 0.25) is 0 Å². The molecule has 4 N–H and O–H groups in total. The molecule has 0 unspecified atom stereocenters. The molecule has 4 rings (SSSR count). The maximum absolute atomic E-state index is 5.90. The Morgan fingerprint density at radius 2 is 1.82 bits per heavy atom. The minimum atomic E-state index is -0.174. The van der Waals surface area contributed by atoms with Crippen LogP contribution < -0.4 is 15.6 Å². The molecule has 5 nitrogen and oxygen atoms in total. The number of benzene rings is 2. The Labute approximate surface area is 127 Å². The third-order valence-electron chi connectivity index (χ3n) is 3.70. The smallest absolute Gasteiger partial charge is 0.357 e. The van der Waals surface area contributed by atoms with Gasteiger partial charge < -0.3 is 5.73 Å². The zero-order chi connectivity index (χ0) is 14.9. The first kappa shape index (κ1) is 12.6. The van der Waals surface area contributed by atoms with Gasteiger partial charge in [0.05, 0.1) is 0 Å². The lowest BCUT2D eigenvalue weighted by atomic mass is 10.2. The van der Waals surface area contributed by atoms with Gasteiger partial charge in [0.15, 0.2) is 6.17 Å². The Kier molecular flexibility index (Phi) is 2.89. The van der Waals surface area contributed by atoms with Gasteiger partial charge in [-0.1, -0.05) is 48.5 Å². The molecule has 1 atom stereocenters. The largest absolute Gasteiger partial charge is 0.365 e. The van der Waals surface area contributed by atoms with Crippen molar-refractivity contribution in [2.24, 2.45) is 10.7 Å². The molecule has 2 aromatic carbocycles. The van der Waals surface area contributed by atoms with Crippen molar-refractivity contribution >= 4 is 29.0 Å². The summed E-state index contributed by atoms with van der Waals surface area (Å²) < 4.78 is 2.10. The number of hydrogen-bond acceptors (Lipinski definition) is 3. The summed E-state index contributed by atoms with van der Waals surface area (Å²) in [6, 6.07) is 18.3. The van der Waals surface area contributed by atoms with Crippen LogP contribution in [0.15, 0.2) is 65.7 Å². The maximum Gasteiger partial charge on any atom is 0.365 e. The normalized spacial score (nSPS) is 17.3. The number of aliphatic imine (C=N–C) groups is 1. The van der Waals surface area contributed by atoms with E-state index < -0.39 is 0 Å². The number of nitrogens with two attached hydrogens (primary N) is 1. The molecule has 5 heteroatoms. The van der Waals surface area contributed by atoms with Crippen molar-refractivity contribution in [3.8, 4) is 0 Å². The maximum atomic E-state index is 5.90. The van der Waals surface area contributed by atoms with Crippen molar-refractivity contribution in [1.82, 2.24) is 4.98 Å². The molecular formula is C17H16N5+. The average Bonchev–Trinajstić information content (AvgIpc) is 2.91. The van der Waals surface area contributed by atoms with Gasteiger partial charge in [-0.15, -0.1) is 0 Å². The predicted octanol–water partition coefficient (Wildman–Crippen LogP) is 2.41. The number of imidazole rings is 1. The molecule has 2 heterocycles. The Hall–Kier alpha value is -3.08. The number of hydrogen-bond donors (Lipinski definition) is 3. The standard InChI is InChI=1S/C17H15N5/c18-16-20-15(11-10-12-6-2-1-3-7-12)22-14-9-5-4-8-13(14)19-17(22)21-16/h1-11,15H,(H3,18,19,20,21)/p+1/b11-10+/t15-/m1/s1. The molecule has 0 saturated heterocycles. The molecular weight excluding hydrogens is 274 g/mol. The molecule has 108 valence electrons. The van der Waals surface area contributed by atoms with Crippen LogP contribution in [0.1, 0.15) is 11.7 Å². The molecule has 0 amide bonds. The van der Waals surface area contributed by atoms with Gasteiger partial charge in [-0.25, -0.2) is 14.9 Å². The highest BCUT2D eigenvalue weighted by Gasteiger charge is 2.27. The van der Waals surface area contributed by atoms with E-state index in [-0.39, 0.29) is 6.17 Å². The molecule has 0 saturated carbocycles. The van der Waals surface area contributed by atoms with Crippen molar-refractivity contribution in [3.63, 3.8) is 0 Å². The van der Waals surface area contributed by atoms with E-state index in [4.69, 9.17) is 5.73 Å².